The van der Waals surface area contributed by atoms with Crippen LogP contribution in [0.3, 0.4) is 0 Å². The van der Waals surface area contributed by atoms with Crippen LogP contribution in [0.25, 0.3) is 0 Å². The van der Waals surface area contributed by atoms with Crippen LogP contribution in [0.15, 0.2) is 0 Å². The third kappa shape index (κ3) is 2.48. The maximum Gasteiger partial charge on any atom is 0.100 e. The van der Waals surface area contributed by atoms with Crippen LogP contribution in [0.2, 0.25) is 0 Å². The van der Waals surface area contributed by atoms with Gasteiger partial charge in [0.1, 0.15) is 6.10 Å². The van der Waals surface area contributed by atoms with E-state index in [1.807, 2.05) is 13.8 Å². The molecule has 1 aliphatic rings. The summed E-state index contributed by atoms with van der Waals surface area (Å²) in [7, 11) is 0. The molecule has 1 saturated carbocycles. The lowest BCUT2D eigenvalue weighted by Crippen LogP contribution is -2.33. The molecule has 0 aromatic rings. The summed E-state index contributed by atoms with van der Waals surface area (Å²) in [4.78, 5) is 0. The molecular weight excluding hydrogens is 148 g/mol. The molecule has 0 aromatic carbocycles. The van der Waals surface area contributed by atoms with Crippen molar-refractivity contribution in [3.63, 3.8) is 0 Å². The summed E-state index contributed by atoms with van der Waals surface area (Å²) < 4.78 is 0. The van der Waals surface area contributed by atoms with Gasteiger partial charge in [-0.25, -0.2) is 5.11 Å². The molecule has 12 heavy (non-hydrogen) atoms. The monoisotopic (exact) mass is 169 g/mol. The Labute approximate surface area is 76.2 Å². The van der Waals surface area contributed by atoms with Gasteiger partial charge in [0.25, 0.3) is 0 Å². The van der Waals surface area contributed by atoms with Gasteiger partial charge in [-0.2, -0.15) is 0 Å². The fraction of sp³-hybridized carbons (Fsp3) is 1.00. The van der Waals surface area contributed by atoms with E-state index < -0.39 is 6.10 Å². The van der Waals surface area contributed by atoms with Gasteiger partial charge in [-0.1, -0.05) is 40.5 Å². The Hall–Kier alpha value is -0.0400. The van der Waals surface area contributed by atoms with Gasteiger partial charge >= 0.3 is 0 Å². The van der Waals surface area contributed by atoms with E-state index >= 15 is 0 Å². The Morgan fingerprint density at radius 3 is 2.17 bits per heavy atom. The highest BCUT2D eigenvalue weighted by Crippen LogP contribution is 2.43. The summed E-state index contributed by atoms with van der Waals surface area (Å²) in [6.07, 6.45) is 3.46. The van der Waals surface area contributed by atoms with Gasteiger partial charge in [0.15, 0.2) is 0 Å². The normalized spacial score (nSPS) is 21.5. The van der Waals surface area contributed by atoms with Gasteiger partial charge in [-0.15, -0.1) is 0 Å². The van der Waals surface area contributed by atoms with E-state index in [9.17, 15) is 5.11 Å². The molecule has 1 unspecified atom stereocenters. The van der Waals surface area contributed by atoms with Crippen molar-refractivity contribution in [3.05, 3.63) is 0 Å². The fourth-order valence-corrected chi connectivity index (χ4v) is 2.08. The number of hydrogen-bond acceptors (Lipinski definition) is 0. The first-order valence-corrected chi connectivity index (χ1v) is 5.09. The second-order valence-corrected chi connectivity index (χ2v) is 5.30. The minimum Gasteiger partial charge on any atom is -0.232 e. The lowest BCUT2D eigenvalue weighted by Gasteiger charge is -2.31. The van der Waals surface area contributed by atoms with Crippen molar-refractivity contribution in [2.45, 2.75) is 53.1 Å². The van der Waals surface area contributed by atoms with Crippen molar-refractivity contribution in [1.82, 2.24) is 0 Å². The van der Waals surface area contributed by atoms with Gasteiger partial charge in [0, 0.05) is 0 Å². The van der Waals surface area contributed by atoms with Crippen LogP contribution in [0.4, 0.5) is 0 Å². The Morgan fingerprint density at radius 2 is 1.83 bits per heavy atom. The largest absolute Gasteiger partial charge is 0.232 e. The topological polar surface area (TPSA) is 19.9 Å². The van der Waals surface area contributed by atoms with Crippen LogP contribution in [0.5, 0.6) is 0 Å². The van der Waals surface area contributed by atoms with E-state index in [1.165, 1.54) is 12.8 Å². The highest BCUT2D eigenvalue weighted by atomic mass is 16.3. The zero-order valence-electron chi connectivity index (χ0n) is 8.76. The van der Waals surface area contributed by atoms with Gasteiger partial charge in [0.05, 0.1) is 0 Å². The average molecular weight is 169 g/mol. The summed E-state index contributed by atoms with van der Waals surface area (Å²) in [6, 6.07) is 0. The molecule has 1 nitrogen and oxygen atoms in total. The summed E-state index contributed by atoms with van der Waals surface area (Å²) in [5, 5.41) is 11.8. The minimum atomic E-state index is -0.391. The first-order chi connectivity index (χ1) is 5.43. The molecular formula is C11H21O. The summed E-state index contributed by atoms with van der Waals surface area (Å²) >= 11 is 0. The minimum absolute atomic E-state index is 0.00926. The van der Waals surface area contributed by atoms with Crippen LogP contribution in [-0.2, 0) is 5.11 Å². The Bertz CT molecular complexity index is 145. The lowest BCUT2D eigenvalue weighted by molar-refractivity contribution is -0.0476. The molecule has 0 amide bonds. The molecule has 1 rings (SSSR count). The van der Waals surface area contributed by atoms with Crippen molar-refractivity contribution >= 4 is 0 Å². The molecule has 0 spiro atoms. The second kappa shape index (κ2) is 3.37. The van der Waals surface area contributed by atoms with Gasteiger partial charge < -0.3 is 0 Å². The van der Waals surface area contributed by atoms with Gasteiger partial charge in [0.2, 0.25) is 0 Å². The first kappa shape index (κ1) is 10.0. The average Bonchev–Trinajstić information content (AvgIpc) is 2.69. The van der Waals surface area contributed by atoms with Gasteiger partial charge in [-0.3, -0.25) is 0 Å². The van der Waals surface area contributed by atoms with E-state index in [2.05, 4.69) is 13.8 Å². The molecule has 71 valence electrons. The molecule has 0 heterocycles. The molecule has 0 aromatic heterocycles. The Kier molecular flexibility index (Phi) is 2.82. The number of rotatable bonds is 4. The molecule has 0 saturated heterocycles. The molecule has 0 N–H and O–H groups in total. The van der Waals surface area contributed by atoms with Crippen LogP contribution in [-0.4, -0.2) is 6.10 Å². The third-order valence-corrected chi connectivity index (χ3v) is 2.89. The smallest absolute Gasteiger partial charge is 0.100 e. The molecule has 1 fully saturated rings. The Balaban J connectivity index is 2.43. The molecule has 1 aliphatic carbocycles. The molecule has 1 atom stereocenters. The Morgan fingerprint density at radius 1 is 1.33 bits per heavy atom. The van der Waals surface area contributed by atoms with E-state index in [0.29, 0.717) is 0 Å². The maximum atomic E-state index is 11.8. The lowest BCUT2D eigenvalue weighted by atomic mass is 9.77. The fourth-order valence-electron chi connectivity index (χ4n) is 2.08. The van der Waals surface area contributed by atoms with Gasteiger partial charge in [-0.05, 0) is 23.7 Å². The zero-order valence-corrected chi connectivity index (χ0v) is 8.76. The highest BCUT2D eigenvalue weighted by Gasteiger charge is 2.37. The highest BCUT2D eigenvalue weighted by molar-refractivity contribution is 4.86. The predicted molar refractivity (Wildman–Crippen MR) is 50.4 cm³/mol. The quantitative estimate of drug-likeness (QED) is 0.615. The zero-order chi connectivity index (χ0) is 9.35. The summed E-state index contributed by atoms with van der Waals surface area (Å²) in [6.45, 7) is 8.32. The van der Waals surface area contributed by atoms with E-state index in [-0.39, 0.29) is 11.3 Å². The van der Waals surface area contributed by atoms with Crippen molar-refractivity contribution in [2.75, 3.05) is 0 Å². The van der Waals surface area contributed by atoms with Crippen LogP contribution < -0.4 is 0 Å². The van der Waals surface area contributed by atoms with E-state index in [4.69, 9.17) is 0 Å². The van der Waals surface area contributed by atoms with E-state index in [1.54, 1.807) is 0 Å². The van der Waals surface area contributed by atoms with Crippen molar-refractivity contribution in [2.24, 2.45) is 17.3 Å². The predicted octanol–water partition coefficient (Wildman–Crippen LogP) is 3.27. The van der Waals surface area contributed by atoms with Crippen LogP contribution in [0, 0.1) is 17.3 Å². The molecule has 0 bridgehead atoms. The van der Waals surface area contributed by atoms with Crippen molar-refractivity contribution in [3.8, 4) is 0 Å². The maximum absolute atomic E-state index is 11.8. The molecule has 0 aliphatic heterocycles. The SMILES string of the molecule is CC(C)C([O])C(C)(C)CC1CC1. The molecule has 1 radical (unpaired) electrons. The third-order valence-electron chi connectivity index (χ3n) is 2.89. The van der Waals surface area contributed by atoms with Crippen LogP contribution >= 0.6 is 0 Å². The second-order valence-electron chi connectivity index (χ2n) is 5.30. The molecule has 1 heteroatoms. The van der Waals surface area contributed by atoms with Crippen LogP contribution in [0.1, 0.15) is 47.0 Å². The van der Waals surface area contributed by atoms with E-state index in [0.717, 1.165) is 12.3 Å². The van der Waals surface area contributed by atoms with Crippen molar-refractivity contribution < 1.29 is 5.11 Å². The van der Waals surface area contributed by atoms with Crippen molar-refractivity contribution in [1.29, 1.82) is 0 Å². The standard InChI is InChI=1S/C11H21O/c1-8(2)10(12)11(3,4)7-9-5-6-9/h8-10H,5-7H2,1-4H3. The first-order valence-electron chi connectivity index (χ1n) is 5.09. The number of hydrogen-bond donors (Lipinski definition) is 0. The summed E-state index contributed by atoms with van der Waals surface area (Å²) in [5.74, 6) is 1.15. The summed E-state index contributed by atoms with van der Waals surface area (Å²) in [5.41, 5.74) is 0.00926.